The standard InChI is InChI=1S/C42H27NO2S/c44-41-35(27-32-25-26-36(46-32)43(30-19-9-3-10-20-30)31-21-11-4-12-22-31)42(45)40-38(29-17-7-2-8-18-29)34-24-14-13-23-33(34)37(39(40)41)28-15-5-1-6-16-28/h1-27H. The van der Waals surface area contributed by atoms with Gasteiger partial charge in [0.25, 0.3) is 0 Å². The molecule has 1 heterocycles. The Balaban J connectivity index is 1.31. The molecule has 218 valence electrons. The molecule has 3 nitrogen and oxygen atoms in total. The molecule has 0 fully saturated rings. The monoisotopic (exact) mass is 609 g/mol. The van der Waals surface area contributed by atoms with E-state index in [0.717, 1.165) is 54.3 Å². The summed E-state index contributed by atoms with van der Waals surface area (Å²) in [6, 6.07) is 52.4. The molecule has 1 aliphatic rings. The molecule has 0 spiro atoms. The fourth-order valence-electron chi connectivity index (χ4n) is 6.45. The van der Waals surface area contributed by atoms with E-state index in [9.17, 15) is 9.59 Å². The Morgan fingerprint density at radius 3 is 1.30 bits per heavy atom. The molecule has 8 rings (SSSR count). The number of carbonyl (C=O) groups is 2. The Hall–Kier alpha value is -5.84. The fraction of sp³-hybridized carbons (Fsp3) is 0. The smallest absolute Gasteiger partial charge is 0.198 e. The number of benzene rings is 6. The second-order valence-electron chi connectivity index (χ2n) is 11.2. The third-order valence-corrected chi connectivity index (χ3v) is 9.45. The number of thiophene rings is 1. The number of hydrogen-bond acceptors (Lipinski definition) is 4. The van der Waals surface area contributed by atoms with E-state index in [-0.39, 0.29) is 17.1 Å². The third-order valence-electron chi connectivity index (χ3n) is 8.43. The number of Topliss-reactive ketones (excluding diaryl/α,β-unsaturated/α-hetero) is 2. The lowest BCUT2D eigenvalue weighted by molar-refractivity contribution is 0.0991. The van der Waals surface area contributed by atoms with Crippen LogP contribution in [0.1, 0.15) is 25.6 Å². The predicted molar refractivity (Wildman–Crippen MR) is 190 cm³/mol. The van der Waals surface area contributed by atoms with Crippen molar-refractivity contribution < 1.29 is 9.59 Å². The van der Waals surface area contributed by atoms with Gasteiger partial charge in [-0.05, 0) is 64.4 Å². The van der Waals surface area contributed by atoms with E-state index in [1.165, 1.54) is 0 Å². The van der Waals surface area contributed by atoms with Crippen molar-refractivity contribution in [3.8, 4) is 22.3 Å². The highest BCUT2D eigenvalue weighted by Crippen LogP contribution is 2.47. The van der Waals surface area contributed by atoms with Crippen molar-refractivity contribution in [3.63, 3.8) is 0 Å². The molecule has 7 aromatic rings. The van der Waals surface area contributed by atoms with Gasteiger partial charge >= 0.3 is 0 Å². The van der Waals surface area contributed by atoms with E-state index in [1.54, 1.807) is 17.4 Å². The summed E-state index contributed by atoms with van der Waals surface area (Å²) in [5.41, 5.74) is 6.65. The number of carbonyl (C=O) groups excluding carboxylic acids is 2. The Labute approximate surface area is 271 Å². The van der Waals surface area contributed by atoms with Crippen LogP contribution in [0.2, 0.25) is 0 Å². The number of ketones is 2. The Bertz CT molecular complexity index is 2130. The van der Waals surface area contributed by atoms with E-state index in [4.69, 9.17) is 0 Å². The zero-order chi connectivity index (χ0) is 31.0. The van der Waals surface area contributed by atoms with Crippen molar-refractivity contribution in [2.75, 3.05) is 4.90 Å². The summed E-state index contributed by atoms with van der Waals surface area (Å²) >= 11 is 1.55. The lowest BCUT2D eigenvalue weighted by atomic mass is 9.84. The molecule has 0 amide bonds. The summed E-state index contributed by atoms with van der Waals surface area (Å²) in [6.07, 6.45) is 1.78. The largest absolute Gasteiger partial charge is 0.302 e. The summed E-state index contributed by atoms with van der Waals surface area (Å²) in [5, 5.41) is 2.89. The minimum atomic E-state index is -0.236. The average Bonchev–Trinajstić information content (AvgIpc) is 3.67. The number of rotatable bonds is 6. The number of hydrogen-bond donors (Lipinski definition) is 0. The first-order valence-electron chi connectivity index (χ1n) is 15.2. The molecule has 0 bridgehead atoms. The van der Waals surface area contributed by atoms with Crippen LogP contribution in [0.15, 0.2) is 163 Å². The summed E-state index contributed by atoms with van der Waals surface area (Å²) in [7, 11) is 0. The van der Waals surface area contributed by atoms with Crippen molar-refractivity contribution in [1.29, 1.82) is 0 Å². The molecule has 1 aromatic heterocycles. The van der Waals surface area contributed by atoms with Crippen molar-refractivity contribution in [2.45, 2.75) is 0 Å². The highest BCUT2D eigenvalue weighted by atomic mass is 32.1. The highest BCUT2D eigenvalue weighted by molar-refractivity contribution is 7.17. The van der Waals surface area contributed by atoms with Crippen molar-refractivity contribution >= 4 is 56.1 Å². The van der Waals surface area contributed by atoms with Crippen molar-refractivity contribution in [1.82, 2.24) is 0 Å². The number of para-hydroxylation sites is 2. The third kappa shape index (κ3) is 4.68. The van der Waals surface area contributed by atoms with Gasteiger partial charge in [0.05, 0.1) is 5.57 Å². The Morgan fingerprint density at radius 2 is 0.848 bits per heavy atom. The van der Waals surface area contributed by atoms with Crippen LogP contribution in [0.3, 0.4) is 0 Å². The number of fused-ring (bicyclic) bond motifs is 2. The first-order valence-corrected chi connectivity index (χ1v) is 16.0. The van der Waals surface area contributed by atoms with Crippen LogP contribution in [-0.4, -0.2) is 11.6 Å². The van der Waals surface area contributed by atoms with Crippen LogP contribution in [0.5, 0.6) is 0 Å². The molecular weight excluding hydrogens is 583 g/mol. The van der Waals surface area contributed by atoms with Gasteiger partial charge in [-0.15, -0.1) is 11.3 Å². The fourth-order valence-corrected chi connectivity index (χ4v) is 7.44. The summed E-state index contributed by atoms with van der Waals surface area (Å²) in [5.74, 6) is -0.473. The first-order chi connectivity index (χ1) is 22.7. The van der Waals surface area contributed by atoms with Gasteiger partial charge in [-0.3, -0.25) is 9.59 Å². The minimum absolute atomic E-state index is 0.194. The molecule has 0 N–H and O–H groups in total. The van der Waals surface area contributed by atoms with Crippen LogP contribution in [0, 0.1) is 0 Å². The van der Waals surface area contributed by atoms with E-state index in [2.05, 4.69) is 41.3 Å². The average molecular weight is 610 g/mol. The van der Waals surface area contributed by atoms with Crippen molar-refractivity contribution in [2.24, 2.45) is 0 Å². The van der Waals surface area contributed by atoms with E-state index in [1.807, 2.05) is 121 Å². The second-order valence-corrected chi connectivity index (χ2v) is 12.3. The molecular formula is C42H27NO2S. The highest BCUT2D eigenvalue weighted by Gasteiger charge is 2.39. The number of anilines is 3. The topological polar surface area (TPSA) is 37.4 Å². The molecule has 0 unspecified atom stereocenters. The zero-order valence-corrected chi connectivity index (χ0v) is 25.6. The normalized spacial score (nSPS) is 12.4. The van der Waals surface area contributed by atoms with Gasteiger partial charge in [0.1, 0.15) is 5.00 Å². The van der Waals surface area contributed by atoms with Crippen LogP contribution >= 0.6 is 11.3 Å². The second kappa shape index (κ2) is 11.6. The van der Waals surface area contributed by atoms with Crippen LogP contribution in [0.25, 0.3) is 39.1 Å². The van der Waals surface area contributed by atoms with Gasteiger partial charge in [0.15, 0.2) is 11.6 Å². The van der Waals surface area contributed by atoms with Gasteiger partial charge in [-0.2, -0.15) is 0 Å². The molecule has 6 aromatic carbocycles. The van der Waals surface area contributed by atoms with E-state index >= 15 is 0 Å². The van der Waals surface area contributed by atoms with Gasteiger partial charge < -0.3 is 4.90 Å². The lowest BCUT2D eigenvalue weighted by Crippen LogP contribution is -2.07. The van der Waals surface area contributed by atoms with Gasteiger partial charge in [-0.25, -0.2) is 0 Å². The van der Waals surface area contributed by atoms with Gasteiger partial charge in [0, 0.05) is 38.5 Å². The van der Waals surface area contributed by atoms with Gasteiger partial charge in [0.2, 0.25) is 0 Å². The first kappa shape index (κ1) is 27.7. The Morgan fingerprint density at radius 1 is 0.435 bits per heavy atom. The molecule has 0 saturated carbocycles. The molecule has 0 radical (unpaired) electrons. The number of allylic oxidation sites excluding steroid dienone is 1. The maximum atomic E-state index is 14.5. The van der Waals surface area contributed by atoms with E-state index < -0.39 is 0 Å². The maximum Gasteiger partial charge on any atom is 0.198 e. The zero-order valence-electron chi connectivity index (χ0n) is 24.8. The molecule has 46 heavy (non-hydrogen) atoms. The molecule has 4 heteroatoms. The SMILES string of the molecule is O=C1C(=Cc2ccc(N(c3ccccc3)c3ccccc3)s2)C(=O)c2c1c(-c1ccccc1)c1ccccc1c2-c1ccccc1. The summed E-state index contributed by atoms with van der Waals surface area (Å²) < 4.78 is 0. The summed E-state index contributed by atoms with van der Waals surface area (Å²) in [6.45, 7) is 0. The summed E-state index contributed by atoms with van der Waals surface area (Å²) in [4.78, 5) is 32.1. The van der Waals surface area contributed by atoms with Gasteiger partial charge in [-0.1, -0.05) is 121 Å². The predicted octanol–water partition coefficient (Wildman–Crippen LogP) is 11.2. The number of nitrogens with zero attached hydrogens (tertiary/aromatic N) is 1. The molecule has 0 atom stereocenters. The van der Waals surface area contributed by atoms with Crippen molar-refractivity contribution in [3.05, 3.63) is 179 Å². The Kier molecular flexibility index (Phi) is 6.97. The quantitative estimate of drug-likeness (QED) is 0.139. The van der Waals surface area contributed by atoms with Crippen LogP contribution in [-0.2, 0) is 0 Å². The van der Waals surface area contributed by atoms with Crippen LogP contribution < -0.4 is 4.90 Å². The molecule has 1 aliphatic carbocycles. The molecule has 0 aliphatic heterocycles. The lowest BCUT2D eigenvalue weighted by Gasteiger charge is -2.23. The van der Waals surface area contributed by atoms with E-state index in [0.29, 0.717) is 11.1 Å². The maximum absolute atomic E-state index is 14.5. The minimum Gasteiger partial charge on any atom is -0.302 e. The van der Waals surface area contributed by atoms with Crippen LogP contribution in [0.4, 0.5) is 16.4 Å². The molecule has 0 saturated heterocycles.